The zero-order chi connectivity index (χ0) is 21.6. The molecular formula is C18H10F5N5O2. The second-order valence-corrected chi connectivity index (χ2v) is 6.06. The van der Waals surface area contributed by atoms with Gasteiger partial charge in [-0.2, -0.15) is 5.10 Å². The molecule has 5 N–H and O–H groups in total. The fourth-order valence-corrected chi connectivity index (χ4v) is 2.70. The molecule has 0 radical (unpaired) electrons. The van der Waals surface area contributed by atoms with Gasteiger partial charge < -0.3 is 10.2 Å². The third-order valence-corrected chi connectivity index (χ3v) is 4.22. The predicted octanol–water partition coefficient (Wildman–Crippen LogP) is 3.86. The van der Waals surface area contributed by atoms with Crippen molar-refractivity contribution in [3.8, 4) is 11.3 Å². The number of hydrogen-bond donors (Lipinski definition) is 4. The van der Waals surface area contributed by atoms with Crippen LogP contribution in [0.25, 0.3) is 22.2 Å². The Morgan fingerprint density at radius 1 is 0.967 bits per heavy atom. The molecule has 2 aromatic heterocycles. The number of hydrogen-bond acceptors (Lipinski definition) is 5. The fourth-order valence-electron chi connectivity index (χ4n) is 2.70. The van der Waals surface area contributed by atoms with E-state index in [1.165, 1.54) is 12.1 Å². The van der Waals surface area contributed by atoms with Crippen molar-refractivity contribution in [2.45, 2.75) is 0 Å². The SMILES string of the molecule is Nc1n[nH]c2ccc(-c3ccc(C(=O)NNc4c(F)c(F)c(F)c(F)c4F)o3)cc12. The number of amides is 1. The van der Waals surface area contributed by atoms with Gasteiger partial charge in [-0.05, 0) is 30.3 Å². The van der Waals surface area contributed by atoms with Crippen LogP contribution in [0.15, 0.2) is 34.7 Å². The van der Waals surface area contributed by atoms with E-state index in [4.69, 9.17) is 10.2 Å². The molecule has 0 spiro atoms. The Kier molecular flexibility index (Phi) is 4.53. The maximum atomic E-state index is 13.6. The number of hydrazine groups is 1. The van der Waals surface area contributed by atoms with Gasteiger partial charge in [-0.1, -0.05) is 0 Å². The Morgan fingerprint density at radius 3 is 2.33 bits per heavy atom. The third kappa shape index (κ3) is 3.07. The van der Waals surface area contributed by atoms with Gasteiger partial charge in [0.15, 0.2) is 34.8 Å². The van der Waals surface area contributed by atoms with E-state index in [2.05, 4.69) is 10.2 Å². The molecule has 0 saturated heterocycles. The Bertz CT molecular complexity index is 1270. The number of fused-ring (bicyclic) bond motifs is 1. The van der Waals surface area contributed by atoms with Gasteiger partial charge in [0.2, 0.25) is 5.82 Å². The van der Waals surface area contributed by atoms with Crippen LogP contribution in [0, 0.1) is 29.1 Å². The van der Waals surface area contributed by atoms with Crippen LogP contribution in [0.4, 0.5) is 33.5 Å². The Labute approximate surface area is 163 Å². The van der Waals surface area contributed by atoms with E-state index >= 15 is 0 Å². The number of nitrogens with two attached hydrogens (primary N) is 1. The monoisotopic (exact) mass is 423 g/mol. The normalized spacial score (nSPS) is 11.1. The van der Waals surface area contributed by atoms with Crippen molar-refractivity contribution in [1.29, 1.82) is 0 Å². The number of halogens is 5. The van der Waals surface area contributed by atoms with Crippen LogP contribution in [0.2, 0.25) is 0 Å². The number of nitrogens with zero attached hydrogens (tertiary/aromatic N) is 1. The van der Waals surface area contributed by atoms with Crippen LogP contribution in [0.3, 0.4) is 0 Å². The van der Waals surface area contributed by atoms with Gasteiger partial charge in [0, 0.05) is 10.9 Å². The van der Waals surface area contributed by atoms with Crippen LogP contribution >= 0.6 is 0 Å². The van der Waals surface area contributed by atoms with Crippen LogP contribution in [0.1, 0.15) is 10.6 Å². The maximum absolute atomic E-state index is 13.6. The lowest BCUT2D eigenvalue weighted by molar-refractivity contribution is 0.0935. The molecule has 0 bridgehead atoms. The summed E-state index contributed by atoms with van der Waals surface area (Å²) in [7, 11) is 0. The largest absolute Gasteiger partial charge is 0.451 e. The Balaban J connectivity index is 1.54. The van der Waals surface area contributed by atoms with E-state index in [1.54, 1.807) is 23.6 Å². The van der Waals surface area contributed by atoms with E-state index in [0.29, 0.717) is 16.5 Å². The molecule has 0 saturated carbocycles. The standard InChI is InChI=1S/C18H10F5N5O2/c19-11-12(20)14(22)16(15(23)13(11)21)26-28-18(29)10-4-3-9(30-10)6-1-2-8-7(5-6)17(24)27-25-8/h1-5,26H,(H,28,29)(H3,24,25,27). The van der Waals surface area contributed by atoms with Crippen molar-refractivity contribution in [2.24, 2.45) is 0 Å². The quantitative estimate of drug-likeness (QED) is 0.173. The molecule has 0 fully saturated rings. The average Bonchev–Trinajstić information content (AvgIpc) is 3.38. The molecular weight excluding hydrogens is 413 g/mol. The van der Waals surface area contributed by atoms with E-state index in [1.807, 2.05) is 5.43 Å². The first-order valence-corrected chi connectivity index (χ1v) is 8.19. The van der Waals surface area contributed by atoms with Crippen molar-refractivity contribution in [3.63, 3.8) is 0 Å². The smallest absolute Gasteiger partial charge is 0.305 e. The van der Waals surface area contributed by atoms with E-state index < -0.39 is 40.7 Å². The van der Waals surface area contributed by atoms with E-state index in [9.17, 15) is 26.7 Å². The second-order valence-electron chi connectivity index (χ2n) is 6.06. The van der Waals surface area contributed by atoms with Gasteiger partial charge in [-0.15, -0.1) is 0 Å². The van der Waals surface area contributed by atoms with Crippen molar-refractivity contribution < 1.29 is 31.2 Å². The molecule has 154 valence electrons. The summed E-state index contributed by atoms with van der Waals surface area (Å²) in [6.45, 7) is 0. The summed E-state index contributed by atoms with van der Waals surface area (Å²) in [5.74, 6) is -11.7. The maximum Gasteiger partial charge on any atom is 0.305 e. The van der Waals surface area contributed by atoms with Crippen molar-refractivity contribution in [3.05, 3.63) is 65.2 Å². The molecule has 0 unspecified atom stereocenters. The summed E-state index contributed by atoms with van der Waals surface area (Å²) in [4.78, 5) is 12.1. The van der Waals surface area contributed by atoms with Crippen molar-refractivity contribution in [2.75, 3.05) is 11.2 Å². The number of carbonyl (C=O) groups is 1. The summed E-state index contributed by atoms with van der Waals surface area (Å²) in [5, 5.41) is 7.21. The van der Waals surface area contributed by atoms with Gasteiger partial charge in [0.05, 0.1) is 5.52 Å². The number of aromatic nitrogens is 2. The van der Waals surface area contributed by atoms with Crippen molar-refractivity contribution in [1.82, 2.24) is 15.6 Å². The first-order valence-electron chi connectivity index (χ1n) is 8.19. The first-order chi connectivity index (χ1) is 14.3. The molecule has 0 atom stereocenters. The number of furan rings is 1. The molecule has 1 amide bonds. The number of nitrogens with one attached hydrogen (secondary N) is 3. The lowest BCUT2D eigenvalue weighted by atomic mass is 10.1. The van der Waals surface area contributed by atoms with E-state index in [0.717, 1.165) is 0 Å². The summed E-state index contributed by atoms with van der Waals surface area (Å²) in [6.07, 6.45) is 0. The van der Waals surface area contributed by atoms with Gasteiger partial charge in [0.1, 0.15) is 11.4 Å². The zero-order valence-corrected chi connectivity index (χ0v) is 14.6. The molecule has 7 nitrogen and oxygen atoms in total. The minimum Gasteiger partial charge on any atom is -0.451 e. The zero-order valence-electron chi connectivity index (χ0n) is 14.6. The van der Waals surface area contributed by atoms with Gasteiger partial charge in [-0.3, -0.25) is 20.7 Å². The number of H-pyrrole nitrogens is 1. The molecule has 30 heavy (non-hydrogen) atoms. The van der Waals surface area contributed by atoms with Crippen LogP contribution in [-0.4, -0.2) is 16.1 Å². The topological polar surface area (TPSA) is 109 Å². The molecule has 12 heteroatoms. The molecule has 2 aromatic carbocycles. The minimum atomic E-state index is -2.31. The second kappa shape index (κ2) is 7.06. The lowest BCUT2D eigenvalue weighted by Gasteiger charge is -2.11. The van der Waals surface area contributed by atoms with Gasteiger partial charge >= 0.3 is 5.91 Å². The first kappa shape index (κ1) is 19.2. The average molecular weight is 423 g/mol. The van der Waals surface area contributed by atoms with Crippen LogP contribution in [0.5, 0.6) is 0 Å². The Morgan fingerprint density at radius 2 is 1.63 bits per heavy atom. The number of benzene rings is 2. The molecule has 4 rings (SSSR count). The highest BCUT2D eigenvalue weighted by Gasteiger charge is 2.26. The molecule has 0 aliphatic carbocycles. The fraction of sp³-hybridized carbons (Fsp3) is 0. The van der Waals surface area contributed by atoms with Gasteiger partial charge in [0.25, 0.3) is 0 Å². The highest BCUT2D eigenvalue weighted by Crippen LogP contribution is 2.28. The highest BCUT2D eigenvalue weighted by atomic mass is 19.2. The van der Waals surface area contributed by atoms with Crippen LogP contribution < -0.4 is 16.6 Å². The number of nitrogen functional groups attached to an aromatic ring is 1. The molecule has 2 heterocycles. The van der Waals surface area contributed by atoms with Crippen molar-refractivity contribution >= 4 is 28.3 Å². The number of anilines is 2. The number of rotatable bonds is 4. The number of aromatic amines is 1. The summed E-state index contributed by atoms with van der Waals surface area (Å²) in [5.41, 5.74) is 9.08. The van der Waals surface area contributed by atoms with Gasteiger partial charge in [-0.25, -0.2) is 22.0 Å². The molecule has 4 aromatic rings. The lowest BCUT2D eigenvalue weighted by Crippen LogP contribution is -2.30. The Hall–Kier alpha value is -4.09. The minimum absolute atomic E-state index is 0.263. The van der Waals surface area contributed by atoms with Crippen LogP contribution in [-0.2, 0) is 0 Å². The summed E-state index contributed by atoms with van der Waals surface area (Å²) < 4.78 is 72.1. The molecule has 0 aliphatic rings. The highest BCUT2D eigenvalue weighted by molar-refractivity contribution is 5.94. The van der Waals surface area contributed by atoms with E-state index in [-0.39, 0.29) is 17.3 Å². The predicted molar refractivity (Wildman–Crippen MR) is 95.5 cm³/mol. The summed E-state index contributed by atoms with van der Waals surface area (Å²) >= 11 is 0. The third-order valence-electron chi connectivity index (χ3n) is 4.22. The molecule has 0 aliphatic heterocycles. The number of carbonyl (C=O) groups excluding carboxylic acids is 1. The summed E-state index contributed by atoms with van der Waals surface area (Å²) in [6, 6.07) is 7.74.